The molecule has 0 aliphatic carbocycles. The number of azo groups is 1. The van der Waals surface area contributed by atoms with E-state index in [0.29, 0.717) is 47.8 Å². The standard InChI is InChI=1S/C25H28N6O5/c26-12-1-2-13-27-23(33)15-36-17-8-6-16(7-9-17)29-30-20-5-3-4-18-19(20)14-31(25(18)35)21-10-11-22(32)28-24(21)34/h3-9,21H,1-2,10-15,26H2,(H,27,33)(H,28,32,34). The number of imide groups is 1. The molecule has 2 aliphatic heterocycles. The minimum absolute atomic E-state index is 0.0860. The van der Waals surface area contributed by atoms with E-state index in [4.69, 9.17) is 10.5 Å². The van der Waals surface area contributed by atoms with Crippen LogP contribution in [0, 0.1) is 0 Å². The Labute approximate surface area is 208 Å². The maximum Gasteiger partial charge on any atom is 0.257 e. The second-order valence-corrected chi connectivity index (χ2v) is 8.53. The van der Waals surface area contributed by atoms with Crippen molar-refractivity contribution in [2.45, 2.75) is 38.3 Å². The molecule has 36 heavy (non-hydrogen) atoms. The van der Waals surface area contributed by atoms with Crippen LogP contribution in [-0.2, 0) is 20.9 Å². The lowest BCUT2D eigenvalue weighted by molar-refractivity contribution is -0.137. The number of rotatable bonds is 10. The number of ether oxygens (including phenoxy) is 1. The molecule has 1 fully saturated rings. The number of benzene rings is 2. The van der Waals surface area contributed by atoms with E-state index in [1.54, 1.807) is 42.5 Å². The van der Waals surface area contributed by atoms with Crippen LogP contribution in [0.2, 0.25) is 0 Å². The molecular weight excluding hydrogens is 464 g/mol. The molecule has 4 N–H and O–H groups in total. The van der Waals surface area contributed by atoms with Gasteiger partial charge in [-0.05, 0) is 62.2 Å². The summed E-state index contributed by atoms with van der Waals surface area (Å²) in [7, 11) is 0. The molecule has 2 heterocycles. The molecule has 0 aromatic heterocycles. The third kappa shape index (κ3) is 5.92. The van der Waals surface area contributed by atoms with E-state index in [0.717, 1.165) is 12.8 Å². The van der Waals surface area contributed by atoms with Crippen LogP contribution < -0.4 is 21.1 Å². The van der Waals surface area contributed by atoms with E-state index < -0.39 is 11.9 Å². The molecule has 0 spiro atoms. The fraction of sp³-hybridized carbons (Fsp3) is 0.360. The summed E-state index contributed by atoms with van der Waals surface area (Å²) in [6.45, 7) is 1.30. The Bertz CT molecular complexity index is 1180. The topological polar surface area (TPSA) is 156 Å². The van der Waals surface area contributed by atoms with Gasteiger partial charge in [-0.3, -0.25) is 24.5 Å². The minimum atomic E-state index is -0.687. The first-order valence-electron chi connectivity index (χ1n) is 11.8. The number of hydrogen-bond acceptors (Lipinski definition) is 8. The lowest BCUT2D eigenvalue weighted by atomic mass is 10.0. The number of amides is 4. The van der Waals surface area contributed by atoms with Crippen molar-refractivity contribution in [3.63, 3.8) is 0 Å². The molecule has 2 aromatic rings. The quantitative estimate of drug-likeness (QED) is 0.262. The van der Waals surface area contributed by atoms with Gasteiger partial charge in [0.2, 0.25) is 11.8 Å². The molecule has 2 aromatic carbocycles. The highest BCUT2D eigenvalue weighted by Crippen LogP contribution is 2.34. The number of piperidine rings is 1. The Morgan fingerprint density at radius 2 is 1.92 bits per heavy atom. The van der Waals surface area contributed by atoms with Crippen molar-refractivity contribution in [1.82, 2.24) is 15.5 Å². The molecule has 1 unspecified atom stereocenters. The van der Waals surface area contributed by atoms with Crippen LogP contribution in [0.15, 0.2) is 52.7 Å². The number of carbonyl (C=O) groups excluding carboxylic acids is 4. The van der Waals surface area contributed by atoms with E-state index in [1.807, 2.05) is 0 Å². The van der Waals surface area contributed by atoms with Gasteiger partial charge in [-0.15, -0.1) is 0 Å². The molecular formula is C25H28N6O5. The molecule has 11 heteroatoms. The summed E-state index contributed by atoms with van der Waals surface area (Å²) in [6, 6.07) is 11.3. The smallest absolute Gasteiger partial charge is 0.257 e. The van der Waals surface area contributed by atoms with Gasteiger partial charge in [0.05, 0.1) is 11.4 Å². The second-order valence-electron chi connectivity index (χ2n) is 8.53. The van der Waals surface area contributed by atoms with E-state index in [1.165, 1.54) is 4.90 Å². The molecule has 1 saturated heterocycles. The fourth-order valence-electron chi connectivity index (χ4n) is 4.08. The molecule has 1 atom stereocenters. The monoisotopic (exact) mass is 492 g/mol. The normalized spacial score (nSPS) is 17.3. The highest BCUT2D eigenvalue weighted by atomic mass is 16.5. The third-order valence-electron chi connectivity index (χ3n) is 5.99. The predicted octanol–water partition coefficient (Wildman–Crippen LogP) is 2.10. The van der Waals surface area contributed by atoms with Gasteiger partial charge in [-0.25, -0.2) is 0 Å². The zero-order valence-electron chi connectivity index (χ0n) is 19.7. The van der Waals surface area contributed by atoms with Gasteiger partial charge in [-0.2, -0.15) is 10.2 Å². The Hall–Kier alpha value is -4.12. The average molecular weight is 493 g/mol. The van der Waals surface area contributed by atoms with Crippen molar-refractivity contribution >= 4 is 35.0 Å². The molecule has 11 nitrogen and oxygen atoms in total. The third-order valence-corrected chi connectivity index (χ3v) is 5.99. The summed E-state index contributed by atoms with van der Waals surface area (Å²) >= 11 is 0. The minimum Gasteiger partial charge on any atom is -0.484 e. The van der Waals surface area contributed by atoms with E-state index >= 15 is 0 Å². The maximum absolute atomic E-state index is 12.9. The van der Waals surface area contributed by atoms with Crippen LogP contribution in [0.3, 0.4) is 0 Å². The number of nitrogens with two attached hydrogens (primary N) is 1. The highest BCUT2D eigenvalue weighted by molar-refractivity contribution is 6.06. The first-order chi connectivity index (χ1) is 17.5. The fourth-order valence-corrected chi connectivity index (χ4v) is 4.08. The summed E-state index contributed by atoms with van der Waals surface area (Å²) in [4.78, 5) is 49.9. The van der Waals surface area contributed by atoms with Gasteiger partial charge in [0.15, 0.2) is 6.61 Å². The molecule has 0 bridgehead atoms. The lowest BCUT2D eigenvalue weighted by Crippen LogP contribution is -2.52. The van der Waals surface area contributed by atoms with Crippen LogP contribution in [0.5, 0.6) is 5.75 Å². The van der Waals surface area contributed by atoms with Crippen molar-refractivity contribution < 1.29 is 23.9 Å². The zero-order chi connectivity index (χ0) is 25.5. The summed E-state index contributed by atoms with van der Waals surface area (Å²) < 4.78 is 5.49. The van der Waals surface area contributed by atoms with Gasteiger partial charge in [0.25, 0.3) is 11.8 Å². The van der Waals surface area contributed by atoms with Gasteiger partial charge in [0, 0.05) is 30.6 Å². The van der Waals surface area contributed by atoms with Crippen LogP contribution in [0.1, 0.15) is 41.6 Å². The summed E-state index contributed by atoms with van der Waals surface area (Å²) in [5, 5.41) is 13.7. The summed E-state index contributed by atoms with van der Waals surface area (Å²) in [5.74, 6) is -0.719. The van der Waals surface area contributed by atoms with Crippen molar-refractivity contribution in [3.05, 3.63) is 53.6 Å². The predicted molar refractivity (Wildman–Crippen MR) is 130 cm³/mol. The Kier molecular flexibility index (Phi) is 8.01. The second kappa shape index (κ2) is 11.5. The number of fused-ring (bicyclic) bond motifs is 1. The zero-order valence-corrected chi connectivity index (χ0v) is 19.7. The number of hydrogen-bond donors (Lipinski definition) is 3. The van der Waals surface area contributed by atoms with Gasteiger partial charge in [-0.1, -0.05) is 6.07 Å². The number of nitrogens with one attached hydrogen (secondary N) is 2. The van der Waals surface area contributed by atoms with Gasteiger partial charge in [0.1, 0.15) is 11.8 Å². The van der Waals surface area contributed by atoms with Gasteiger partial charge < -0.3 is 20.7 Å². The largest absolute Gasteiger partial charge is 0.484 e. The highest BCUT2D eigenvalue weighted by Gasteiger charge is 2.39. The molecule has 0 radical (unpaired) electrons. The van der Waals surface area contributed by atoms with Crippen molar-refractivity contribution in [1.29, 1.82) is 0 Å². The number of carbonyl (C=O) groups is 4. The van der Waals surface area contributed by atoms with Crippen LogP contribution in [0.4, 0.5) is 11.4 Å². The van der Waals surface area contributed by atoms with Crippen molar-refractivity contribution in [2.75, 3.05) is 19.7 Å². The first kappa shape index (κ1) is 25.0. The molecule has 188 valence electrons. The van der Waals surface area contributed by atoms with Crippen molar-refractivity contribution in [3.8, 4) is 5.75 Å². The van der Waals surface area contributed by atoms with E-state index in [2.05, 4.69) is 20.9 Å². The Morgan fingerprint density at radius 1 is 1.11 bits per heavy atom. The number of unbranched alkanes of at least 4 members (excludes halogenated alkanes) is 1. The average Bonchev–Trinajstić information content (AvgIpc) is 3.21. The van der Waals surface area contributed by atoms with E-state index in [-0.39, 0.29) is 37.3 Å². The van der Waals surface area contributed by atoms with Gasteiger partial charge >= 0.3 is 0 Å². The van der Waals surface area contributed by atoms with Crippen LogP contribution >= 0.6 is 0 Å². The van der Waals surface area contributed by atoms with Crippen molar-refractivity contribution in [2.24, 2.45) is 16.0 Å². The summed E-state index contributed by atoms with van der Waals surface area (Å²) in [6.07, 6.45) is 2.18. The Balaban J connectivity index is 1.36. The summed E-state index contributed by atoms with van der Waals surface area (Å²) in [5.41, 5.74) is 7.69. The molecule has 4 amide bonds. The van der Waals surface area contributed by atoms with Crippen LogP contribution in [0.25, 0.3) is 0 Å². The first-order valence-corrected chi connectivity index (χ1v) is 11.8. The maximum atomic E-state index is 12.9. The lowest BCUT2D eigenvalue weighted by Gasteiger charge is -2.29. The molecule has 2 aliphatic rings. The number of nitrogens with zero attached hydrogens (tertiary/aromatic N) is 3. The molecule has 4 rings (SSSR count). The van der Waals surface area contributed by atoms with E-state index in [9.17, 15) is 19.2 Å². The van der Waals surface area contributed by atoms with Crippen LogP contribution in [-0.4, -0.2) is 54.3 Å². The SMILES string of the molecule is NCCCCNC(=O)COc1ccc(N=Nc2cccc3c2CN(C2CCC(=O)NC2=O)C3=O)cc1. The Morgan fingerprint density at radius 3 is 2.67 bits per heavy atom. The molecule has 0 saturated carbocycles.